The van der Waals surface area contributed by atoms with Gasteiger partial charge in [0.15, 0.2) is 6.61 Å². The van der Waals surface area contributed by atoms with Gasteiger partial charge >= 0.3 is 11.9 Å². The van der Waals surface area contributed by atoms with E-state index in [1.54, 1.807) is 13.8 Å². The summed E-state index contributed by atoms with van der Waals surface area (Å²) in [6.45, 7) is 3.06. The van der Waals surface area contributed by atoms with E-state index >= 15 is 0 Å². The number of carbonyl (C=O) groups excluding carboxylic acids is 4. The van der Waals surface area contributed by atoms with E-state index in [1.165, 1.54) is 26.3 Å². The predicted molar refractivity (Wildman–Crippen MR) is 119 cm³/mol. The number of hydrogen-bond donors (Lipinski definition) is 2. The van der Waals surface area contributed by atoms with E-state index in [9.17, 15) is 19.2 Å². The molecule has 1 aromatic rings. The summed E-state index contributed by atoms with van der Waals surface area (Å²) < 4.78 is 10.6. The van der Waals surface area contributed by atoms with Crippen LogP contribution in [0.4, 0.5) is 5.00 Å². The molecule has 4 bridgehead atoms. The molecule has 4 fully saturated rings. The fourth-order valence-electron chi connectivity index (χ4n) is 6.19. The SMILES string of the molecule is CCOC(=O)c1c(NC(=O)COC(=O)C23CC4CC(CC(C4)C2)C3)sc(C(=O)NC)c1C. The molecule has 1 heterocycles. The molecule has 2 N–H and O–H groups in total. The number of hydrogen-bond acceptors (Lipinski definition) is 7. The molecule has 0 saturated heterocycles. The summed E-state index contributed by atoms with van der Waals surface area (Å²) in [5, 5.41) is 5.39. The molecule has 0 spiro atoms. The van der Waals surface area contributed by atoms with Gasteiger partial charge in [0.25, 0.3) is 11.8 Å². The van der Waals surface area contributed by atoms with Crippen molar-refractivity contribution < 1.29 is 28.7 Å². The molecule has 4 aliphatic rings. The highest BCUT2D eigenvalue weighted by molar-refractivity contribution is 7.18. The summed E-state index contributed by atoms with van der Waals surface area (Å²) in [5.41, 5.74) is 0.154. The highest BCUT2D eigenvalue weighted by atomic mass is 32.1. The van der Waals surface area contributed by atoms with E-state index < -0.39 is 23.9 Å². The van der Waals surface area contributed by atoms with Gasteiger partial charge in [-0.15, -0.1) is 11.3 Å². The highest BCUT2D eigenvalue weighted by Gasteiger charge is 2.55. The number of esters is 2. The van der Waals surface area contributed by atoms with E-state index in [1.807, 2.05) is 0 Å². The number of anilines is 1. The first-order chi connectivity index (χ1) is 15.3. The summed E-state index contributed by atoms with van der Waals surface area (Å²) in [6, 6.07) is 0. The van der Waals surface area contributed by atoms with Gasteiger partial charge in [-0.2, -0.15) is 0 Å². The third kappa shape index (κ3) is 4.14. The number of amides is 2. The monoisotopic (exact) mass is 462 g/mol. The molecule has 174 valence electrons. The summed E-state index contributed by atoms with van der Waals surface area (Å²) in [4.78, 5) is 50.5. The smallest absolute Gasteiger partial charge is 0.341 e. The second-order valence-corrected chi connectivity index (χ2v) is 10.4. The van der Waals surface area contributed by atoms with Crippen LogP contribution in [0.15, 0.2) is 0 Å². The van der Waals surface area contributed by atoms with Crippen LogP contribution in [0.1, 0.15) is 71.0 Å². The van der Waals surface area contributed by atoms with Crippen LogP contribution >= 0.6 is 11.3 Å². The lowest BCUT2D eigenvalue weighted by Gasteiger charge is -2.55. The molecule has 0 radical (unpaired) electrons. The van der Waals surface area contributed by atoms with Crippen LogP contribution < -0.4 is 10.6 Å². The molecular formula is C23H30N2O6S. The van der Waals surface area contributed by atoms with Crippen LogP contribution in [-0.2, 0) is 19.1 Å². The van der Waals surface area contributed by atoms with Gasteiger partial charge in [-0.3, -0.25) is 14.4 Å². The van der Waals surface area contributed by atoms with Crippen molar-refractivity contribution >= 4 is 40.1 Å². The maximum atomic E-state index is 13.0. The van der Waals surface area contributed by atoms with Gasteiger partial charge in [-0.05, 0) is 75.7 Å². The Morgan fingerprint density at radius 3 is 2.16 bits per heavy atom. The van der Waals surface area contributed by atoms with E-state index in [4.69, 9.17) is 9.47 Å². The van der Waals surface area contributed by atoms with Crippen molar-refractivity contribution in [1.29, 1.82) is 0 Å². The predicted octanol–water partition coefficient (Wildman–Crippen LogP) is 3.29. The minimum atomic E-state index is -0.614. The first-order valence-corrected chi connectivity index (χ1v) is 12.1. The van der Waals surface area contributed by atoms with E-state index in [2.05, 4.69) is 10.6 Å². The molecule has 0 aromatic carbocycles. The van der Waals surface area contributed by atoms with Gasteiger partial charge in [0.1, 0.15) is 5.00 Å². The maximum Gasteiger partial charge on any atom is 0.341 e. The molecule has 4 saturated carbocycles. The summed E-state index contributed by atoms with van der Waals surface area (Å²) in [6.07, 6.45) is 6.25. The quantitative estimate of drug-likeness (QED) is 0.602. The minimum absolute atomic E-state index is 0.149. The van der Waals surface area contributed by atoms with Crippen molar-refractivity contribution in [1.82, 2.24) is 5.32 Å². The zero-order valence-corrected chi connectivity index (χ0v) is 19.6. The van der Waals surface area contributed by atoms with Crippen molar-refractivity contribution in [3.05, 3.63) is 16.0 Å². The number of rotatable bonds is 7. The molecule has 5 rings (SSSR count). The normalized spacial score (nSPS) is 27.7. The topological polar surface area (TPSA) is 111 Å². The molecule has 0 aliphatic heterocycles. The Morgan fingerprint density at radius 1 is 1.03 bits per heavy atom. The van der Waals surface area contributed by atoms with Gasteiger partial charge in [0.05, 0.1) is 22.5 Å². The van der Waals surface area contributed by atoms with Crippen LogP contribution in [0.2, 0.25) is 0 Å². The highest BCUT2D eigenvalue weighted by Crippen LogP contribution is 2.60. The molecule has 8 nitrogen and oxygen atoms in total. The zero-order valence-electron chi connectivity index (χ0n) is 18.7. The maximum absolute atomic E-state index is 13.0. The Balaban J connectivity index is 1.43. The zero-order chi connectivity index (χ0) is 23.0. The third-order valence-electron chi connectivity index (χ3n) is 7.12. The molecule has 2 amide bonds. The lowest BCUT2D eigenvalue weighted by molar-refractivity contribution is -0.172. The molecule has 32 heavy (non-hydrogen) atoms. The van der Waals surface area contributed by atoms with Crippen molar-refractivity contribution in [2.45, 2.75) is 52.4 Å². The van der Waals surface area contributed by atoms with Crippen molar-refractivity contribution in [2.75, 3.05) is 25.6 Å². The molecule has 0 atom stereocenters. The lowest BCUT2D eigenvalue weighted by atomic mass is 9.49. The van der Waals surface area contributed by atoms with Gasteiger partial charge in [-0.25, -0.2) is 4.79 Å². The number of carbonyl (C=O) groups is 4. The van der Waals surface area contributed by atoms with Crippen LogP contribution in [0, 0.1) is 30.1 Å². The standard InChI is InChI=1S/C23H30N2O6S/c1-4-30-21(28)17-12(2)18(19(27)24-3)32-20(17)25-16(26)11-31-22(29)23-8-13-5-14(9-23)7-15(6-13)10-23/h13-15H,4-11H2,1-3H3,(H,24,27)(H,25,26). The number of nitrogens with one attached hydrogen (secondary N) is 2. The molecule has 0 unspecified atom stereocenters. The fraction of sp³-hybridized carbons (Fsp3) is 0.652. The summed E-state index contributed by atoms with van der Waals surface area (Å²) in [5.74, 6) is 0.0270. The molecule has 9 heteroatoms. The van der Waals surface area contributed by atoms with Gasteiger partial charge in [-0.1, -0.05) is 0 Å². The van der Waals surface area contributed by atoms with Gasteiger partial charge < -0.3 is 20.1 Å². The third-order valence-corrected chi connectivity index (χ3v) is 8.32. The average molecular weight is 463 g/mol. The molecule has 1 aromatic heterocycles. The average Bonchev–Trinajstić information content (AvgIpc) is 3.06. The van der Waals surface area contributed by atoms with Crippen LogP contribution in [0.3, 0.4) is 0 Å². The fourth-order valence-corrected chi connectivity index (χ4v) is 7.35. The molecule has 4 aliphatic carbocycles. The first-order valence-electron chi connectivity index (χ1n) is 11.3. The van der Waals surface area contributed by atoms with Crippen LogP contribution in [0.5, 0.6) is 0 Å². The Morgan fingerprint density at radius 2 is 1.62 bits per heavy atom. The van der Waals surface area contributed by atoms with Crippen molar-refractivity contribution in [3.63, 3.8) is 0 Å². The Labute approximate surface area is 191 Å². The van der Waals surface area contributed by atoms with E-state index in [0.29, 0.717) is 28.2 Å². The van der Waals surface area contributed by atoms with Gasteiger partial charge in [0, 0.05) is 7.05 Å². The van der Waals surface area contributed by atoms with E-state index in [0.717, 1.165) is 30.6 Å². The Kier molecular flexibility index (Phi) is 6.29. The van der Waals surface area contributed by atoms with Crippen molar-refractivity contribution in [3.8, 4) is 0 Å². The summed E-state index contributed by atoms with van der Waals surface area (Å²) >= 11 is 0.998. The first kappa shape index (κ1) is 22.8. The number of thiophene rings is 1. The second kappa shape index (κ2) is 8.84. The van der Waals surface area contributed by atoms with Crippen molar-refractivity contribution in [2.24, 2.45) is 23.2 Å². The number of ether oxygens (including phenoxy) is 2. The van der Waals surface area contributed by atoms with Gasteiger partial charge in [0.2, 0.25) is 0 Å². The Bertz CT molecular complexity index is 917. The Hall–Kier alpha value is -2.42. The lowest BCUT2D eigenvalue weighted by Crippen LogP contribution is -2.50. The minimum Gasteiger partial charge on any atom is -0.462 e. The van der Waals surface area contributed by atoms with Crippen LogP contribution in [0.25, 0.3) is 0 Å². The second-order valence-electron chi connectivity index (χ2n) is 9.38. The summed E-state index contributed by atoms with van der Waals surface area (Å²) in [7, 11) is 1.49. The van der Waals surface area contributed by atoms with Crippen LogP contribution in [-0.4, -0.2) is 44.0 Å². The largest absolute Gasteiger partial charge is 0.462 e. The molecular weight excluding hydrogens is 432 g/mol. The van der Waals surface area contributed by atoms with E-state index in [-0.39, 0.29) is 29.0 Å².